The molecule has 0 fully saturated rings. The van der Waals surface area contributed by atoms with Gasteiger partial charge in [0.25, 0.3) is 0 Å². The molecular weight excluding hydrogens is 279 g/mol. The average Bonchev–Trinajstić information content (AvgIpc) is 1.96. The van der Waals surface area contributed by atoms with E-state index in [0.29, 0.717) is 0 Å². The van der Waals surface area contributed by atoms with Crippen molar-refractivity contribution in [2.24, 2.45) is 0 Å². The zero-order valence-corrected chi connectivity index (χ0v) is 9.61. The highest BCUT2D eigenvalue weighted by atomic mass is 79.9. The van der Waals surface area contributed by atoms with Crippen LogP contribution in [0.15, 0.2) is 36.4 Å². The van der Waals surface area contributed by atoms with Crippen molar-refractivity contribution < 1.29 is 4.57 Å². The number of rotatable bonds is 0. The minimum Gasteiger partial charge on any atom is -0.279 e. The predicted molar refractivity (Wildman–Crippen MR) is 56.1 cm³/mol. The first-order chi connectivity index (χ1) is 4.00. The van der Waals surface area contributed by atoms with Crippen molar-refractivity contribution in [1.29, 1.82) is 0 Å². The van der Waals surface area contributed by atoms with Gasteiger partial charge in [-0.2, -0.15) is 0 Å². The van der Waals surface area contributed by atoms with Crippen molar-refractivity contribution in [1.82, 2.24) is 0 Å². The molecule has 0 saturated carbocycles. The molecule has 4 heteroatoms. The summed E-state index contributed by atoms with van der Waals surface area (Å²) in [6.07, 6.45) is 0. The largest absolute Gasteiger partial charge is 0.279 e. The molecule has 58 valence electrons. The molecule has 0 atom stereocenters. The zero-order valence-electron chi connectivity index (χ0n) is 5.19. The first-order valence-electron chi connectivity index (χ1n) is 2.20. The Morgan fingerprint density at radius 3 is 0.800 bits per heavy atom. The fourth-order valence-electron chi connectivity index (χ4n) is 0.385. The lowest BCUT2D eigenvalue weighted by molar-refractivity contribution is 0.607. The molecule has 0 heterocycles. The lowest BCUT2D eigenvalue weighted by Crippen LogP contribution is -1.47. The first-order valence-corrected chi connectivity index (χ1v) is 2.61. The van der Waals surface area contributed by atoms with Crippen LogP contribution in [0.2, 0.25) is 0 Å². The maximum absolute atomic E-state index is 8.06. The van der Waals surface area contributed by atoms with Crippen LogP contribution in [0.5, 0.6) is 0 Å². The average molecular weight is 288 g/mol. The van der Waals surface area contributed by atoms with Crippen LogP contribution in [0.25, 0.3) is 0 Å². The Balaban J connectivity index is -0.000000114. The van der Waals surface area contributed by atoms with Crippen molar-refractivity contribution in [3.05, 3.63) is 36.4 Å². The summed E-state index contributed by atoms with van der Waals surface area (Å²) >= 11 is 0. The Kier molecular flexibility index (Phi) is 26.9. The second kappa shape index (κ2) is 16.1. The minimum atomic E-state index is 0. The van der Waals surface area contributed by atoms with Crippen molar-refractivity contribution in [2.75, 3.05) is 0 Å². The van der Waals surface area contributed by atoms with E-state index in [1.165, 1.54) is 0 Å². The van der Waals surface area contributed by atoms with E-state index in [2.05, 4.69) is 0 Å². The predicted octanol–water partition coefficient (Wildman–Crippen LogP) is 3.32. The van der Waals surface area contributed by atoms with Gasteiger partial charge >= 0.3 is 0 Å². The number of hydrogen-bond donors (Lipinski definition) is 0. The van der Waals surface area contributed by atoms with E-state index in [1.807, 2.05) is 36.4 Å². The Labute approximate surface area is 84.0 Å². The Morgan fingerprint density at radius 2 is 0.700 bits per heavy atom. The molecule has 1 rings (SSSR count). The summed E-state index contributed by atoms with van der Waals surface area (Å²) in [5.41, 5.74) is 0. The summed E-state index contributed by atoms with van der Waals surface area (Å²) < 4.78 is 8.06. The summed E-state index contributed by atoms with van der Waals surface area (Å²) in [4.78, 5) is 0. The fraction of sp³-hybridized carbons (Fsp3) is 0. The summed E-state index contributed by atoms with van der Waals surface area (Å²) in [6.45, 7) is 0. The van der Waals surface area contributed by atoms with Crippen molar-refractivity contribution in [3.8, 4) is 0 Å². The van der Waals surface area contributed by atoms with Crippen LogP contribution >= 0.6 is 43.1 Å². The standard InChI is InChI=1S/C6H6.2BrH.HOP/c1-2-4-6-5-3-1;;;1-2/h1-6H;2*1H;2H. The van der Waals surface area contributed by atoms with E-state index in [1.54, 1.807) is 9.12 Å². The SMILES string of the molecule is Br.Br.O=P.c1ccccc1. The van der Waals surface area contributed by atoms with Crippen LogP contribution in [0.1, 0.15) is 0 Å². The van der Waals surface area contributed by atoms with E-state index in [-0.39, 0.29) is 34.0 Å². The molecule has 0 spiro atoms. The minimum absolute atomic E-state index is 0. The lowest BCUT2D eigenvalue weighted by atomic mass is 10.4. The van der Waals surface area contributed by atoms with Crippen LogP contribution in [0.4, 0.5) is 0 Å². The number of halogens is 2. The van der Waals surface area contributed by atoms with Gasteiger partial charge in [0, 0.05) is 0 Å². The molecule has 0 unspecified atom stereocenters. The maximum Gasteiger partial charge on any atom is 0.138 e. The molecule has 0 radical (unpaired) electrons. The molecule has 0 saturated heterocycles. The van der Waals surface area contributed by atoms with E-state index in [9.17, 15) is 0 Å². The third-order valence-corrected chi connectivity index (χ3v) is 0.667. The third-order valence-electron chi connectivity index (χ3n) is 0.667. The molecule has 0 amide bonds. The van der Waals surface area contributed by atoms with Gasteiger partial charge in [-0.25, -0.2) is 0 Å². The molecule has 10 heavy (non-hydrogen) atoms. The molecule has 0 aliphatic carbocycles. The first kappa shape index (κ1) is 16.7. The molecular formula is C6H9Br2OP. The molecule has 1 aromatic carbocycles. The van der Waals surface area contributed by atoms with E-state index in [0.717, 1.165) is 0 Å². The van der Waals surface area contributed by atoms with Gasteiger partial charge in [0.1, 0.15) is 9.12 Å². The van der Waals surface area contributed by atoms with Gasteiger partial charge in [-0.15, -0.1) is 34.0 Å². The van der Waals surface area contributed by atoms with E-state index < -0.39 is 0 Å². The Hall–Kier alpha value is 0.280. The van der Waals surface area contributed by atoms with E-state index >= 15 is 0 Å². The van der Waals surface area contributed by atoms with Crippen LogP contribution in [0, 0.1) is 0 Å². The highest BCUT2D eigenvalue weighted by molar-refractivity contribution is 8.93. The topological polar surface area (TPSA) is 17.1 Å². The van der Waals surface area contributed by atoms with Crippen molar-refractivity contribution >= 4 is 43.1 Å². The summed E-state index contributed by atoms with van der Waals surface area (Å²) in [7, 11) is 1.72. The summed E-state index contributed by atoms with van der Waals surface area (Å²) in [5, 5.41) is 0. The number of hydrogen-bond acceptors (Lipinski definition) is 1. The summed E-state index contributed by atoms with van der Waals surface area (Å²) in [5.74, 6) is 0. The molecule has 1 aromatic rings. The molecule has 0 aliphatic heterocycles. The molecule has 0 aliphatic rings. The Bertz CT molecular complexity index is 98.6. The van der Waals surface area contributed by atoms with Gasteiger partial charge in [-0.05, 0) is 0 Å². The fourth-order valence-corrected chi connectivity index (χ4v) is 0.385. The smallest absolute Gasteiger partial charge is 0.138 e. The van der Waals surface area contributed by atoms with Gasteiger partial charge < -0.3 is 0 Å². The maximum atomic E-state index is 8.06. The number of benzene rings is 1. The monoisotopic (exact) mass is 286 g/mol. The molecule has 1 nitrogen and oxygen atoms in total. The van der Waals surface area contributed by atoms with Gasteiger partial charge in [-0.3, -0.25) is 4.57 Å². The van der Waals surface area contributed by atoms with Gasteiger partial charge in [-0.1, -0.05) is 36.4 Å². The van der Waals surface area contributed by atoms with Gasteiger partial charge in [0.15, 0.2) is 0 Å². The molecule has 0 N–H and O–H groups in total. The highest BCUT2D eigenvalue weighted by Gasteiger charge is 1.57. The second-order valence-corrected chi connectivity index (χ2v) is 1.15. The Morgan fingerprint density at radius 1 is 0.600 bits per heavy atom. The van der Waals surface area contributed by atoms with Gasteiger partial charge in [0.2, 0.25) is 0 Å². The third kappa shape index (κ3) is 11.1. The van der Waals surface area contributed by atoms with Crippen LogP contribution < -0.4 is 0 Å². The van der Waals surface area contributed by atoms with Crippen LogP contribution in [-0.2, 0) is 4.57 Å². The molecule has 0 bridgehead atoms. The zero-order chi connectivity index (χ0) is 6.24. The van der Waals surface area contributed by atoms with Gasteiger partial charge in [0.05, 0.1) is 0 Å². The van der Waals surface area contributed by atoms with Crippen molar-refractivity contribution in [3.63, 3.8) is 0 Å². The lowest BCUT2D eigenvalue weighted by Gasteiger charge is -1.69. The second-order valence-electron chi connectivity index (χ2n) is 1.15. The van der Waals surface area contributed by atoms with Crippen LogP contribution in [0.3, 0.4) is 0 Å². The highest BCUT2D eigenvalue weighted by Crippen LogP contribution is 1.79. The quantitative estimate of drug-likeness (QED) is 0.669. The molecule has 0 aromatic heterocycles. The normalized spacial score (nSPS) is 5.20. The van der Waals surface area contributed by atoms with E-state index in [4.69, 9.17) is 4.57 Å². The van der Waals surface area contributed by atoms with Crippen LogP contribution in [-0.4, -0.2) is 0 Å². The van der Waals surface area contributed by atoms with Crippen molar-refractivity contribution in [2.45, 2.75) is 0 Å². The summed E-state index contributed by atoms with van der Waals surface area (Å²) in [6, 6.07) is 12.0.